The van der Waals surface area contributed by atoms with Gasteiger partial charge in [-0.3, -0.25) is 4.79 Å². The molecule has 1 aromatic heterocycles. The molecule has 0 radical (unpaired) electrons. The van der Waals surface area contributed by atoms with Gasteiger partial charge in [0.05, 0.1) is 22.3 Å². The first kappa shape index (κ1) is 15.5. The Morgan fingerprint density at radius 2 is 2.25 bits per heavy atom. The third-order valence-electron chi connectivity index (χ3n) is 5.21. The summed E-state index contributed by atoms with van der Waals surface area (Å²) in [5.41, 5.74) is 9.97. The van der Waals surface area contributed by atoms with Crippen molar-refractivity contribution < 1.29 is 4.79 Å². The lowest BCUT2D eigenvalue weighted by Gasteiger charge is -2.27. The van der Waals surface area contributed by atoms with Gasteiger partial charge < -0.3 is 11.1 Å². The van der Waals surface area contributed by atoms with Crippen LogP contribution in [0.3, 0.4) is 0 Å². The van der Waals surface area contributed by atoms with E-state index in [4.69, 9.17) is 17.3 Å². The molecule has 3 N–H and O–H groups in total. The molecule has 2 atom stereocenters. The van der Waals surface area contributed by atoms with Gasteiger partial charge in [0.1, 0.15) is 5.82 Å². The summed E-state index contributed by atoms with van der Waals surface area (Å²) in [5, 5.41) is 8.34. The molecule has 126 valence electrons. The minimum absolute atomic E-state index is 0.00233. The maximum Gasteiger partial charge on any atom is 0.254 e. The molecule has 5 nitrogen and oxygen atoms in total. The fourth-order valence-electron chi connectivity index (χ4n) is 3.92. The predicted molar refractivity (Wildman–Crippen MR) is 95.8 cm³/mol. The second-order valence-electron chi connectivity index (χ2n) is 6.88. The van der Waals surface area contributed by atoms with Gasteiger partial charge in [0.2, 0.25) is 0 Å². The molecule has 1 aromatic carbocycles. The number of anilines is 2. The number of hydrogen-bond acceptors (Lipinski definition) is 4. The minimum Gasteiger partial charge on any atom is -0.384 e. The summed E-state index contributed by atoms with van der Waals surface area (Å²) in [4.78, 5) is 13.2. The normalized spacial score (nSPS) is 22.4. The Kier molecular flexibility index (Phi) is 3.76. The van der Waals surface area contributed by atoms with Crippen LogP contribution in [0.15, 0.2) is 18.2 Å². The number of para-hydroxylation sites is 1. The number of nitrogens with two attached hydrogens (primary N) is 1. The molecule has 0 amide bonds. The molecular weight excluding hydrogens is 324 g/mol. The fraction of sp³-hybridized carbons (Fsp3) is 0.444. The third kappa shape index (κ3) is 2.38. The van der Waals surface area contributed by atoms with Crippen LogP contribution < -0.4 is 11.1 Å². The van der Waals surface area contributed by atoms with Crippen molar-refractivity contribution in [3.8, 4) is 0 Å². The van der Waals surface area contributed by atoms with Crippen molar-refractivity contribution in [1.29, 1.82) is 0 Å². The summed E-state index contributed by atoms with van der Waals surface area (Å²) in [7, 11) is 0. The number of rotatable bonds is 1. The van der Waals surface area contributed by atoms with Crippen molar-refractivity contribution in [3.63, 3.8) is 0 Å². The first-order valence-electron chi connectivity index (χ1n) is 8.49. The highest BCUT2D eigenvalue weighted by Gasteiger charge is 2.33. The molecule has 2 unspecified atom stereocenters. The second-order valence-corrected chi connectivity index (χ2v) is 7.29. The highest BCUT2D eigenvalue weighted by atomic mass is 35.5. The van der Waals surface area contributed by atoms with Crippen molar-refractivity contribution >= 4 is 29.0 Å². The SMILES string of the molecule is CC1CCc2c(c(N)nn2C(=O)C2CCNc3c(Cl)cccc32)C1. The standard InChI is InChI=1S/C18H21ClN4O/c1-10-5-6-15-13(9-10)17(20)22-23(15)18(24)12-7-8-21-16-11(12)3-2-4-14(16)19/h2-4,10,12,21H,5-9H2,1H3,(H2,20,22). The van der Waals surface area contributed by atoms with Crippen LogP contribution in [-0.2, 0) is 12.8 Å². The molecule has 1 aliphatic carbocycles. The molecule has 0 fully saturated rings. The predicted octanol–water partition coefficient (Wildman–Crippen LogP) is 3.48. The van der Waals surface area contributed by atoms with E-state index >= 15 is 0 Å². The Balaban J connectivity index is 1.74. The number of hydrogen-bond donors (Lipinski definition) is 2. The van der Waals surface area contributed by atoms with E-state index in [2.05, 4.69) is 17.3 Å². The first-order chi connectivity index (χ1) is 11.6. The molecule has 0 saturated heterocycles. The van der Waals surface area contributed by atoms with Crippen molar-refractivity contribution in [2.45, 2.75) is 38.5 Å². The first-order valence-corrected chi connectivity index (χ1v) is 8.86. The number of carbonyl (C=O) groups excluding carboxylic acids is 1. The third-order valence-corrected chi connectivity index (χ3v) is 5.53. The maximum atomic E-state index is 13.2. The van der Waals surface area contributed by atoms with E-state index in [1.807, 2.05) is 18.2 Å². The summed E-state index contributed by atoms with van der Waals surface area (Å²) in [6, 6.07) is 5.70. The maximum absolute atomic E-state index is 13.2. The van der Waals surface area contributed by atoms with Crippen LogP contribution in [0.1, 0.15) is 47.3 Å². The molecule has 4 rings (SSSR count). The highest BCUT2D eigenvalue weighted by molar-refractivity contribution is 6.33. The molecule has 2 aromatic rings. The van der Waals surface area contributed by atoms with Crippen LogP contribution in [0, 0.1) is 5.92 Å². The molecule has 6 heteroatoms. The van der Waals surface area contributed by atoms with Gasteiger partial charge >= 0.3 is 0 Å². The molecule has 0 bridgehead atoms. The van der Waals surface area contributed by atoms with E-state index in [-0.39, 0.29) is 11.8 Å². The van der Waals surface area contributed by atoms with E-state index in [0.717, 1.165) is 54.7 Å². The molecular formula is C18H21ClN4O. The average Bonchev–Trinajstić information content (AvgIpc) is 2.90. The zero-order valence-electron chi connectivity index (χ0n) is 13.7. The van der Waals surface area contributed by atoms with Crippen LogP contribution in [0.5, 0.6) is 0 Å². The molecule has 0 spiro atoms. The van der Waals surface area contributed by atoms with Gasteiger partial charge in [-0.15, -0.1) is 5.10 Å². The Bertz CT molecular complexity index is 814. The topological polar surface area (TPSA) is 72.9 Å². The number of halogens is 1. The van der Waals surface area contributed by atoms with Gasteiger partial charge in [-0.05, 0) is 43.2 Å². The molecule has 2 aliphatic rings. The summed E-state index contributed by atoms with van der Waals surface area (Å²) >= 11 is 6.28. The smallest absolute Gasteiger partial charge is 0.254 e. The zero-order chi connectivity index (χ0) is 16.8. The van der Waals surface area contributed by atoms with Gasteiger partial charge in [-0.1, -0.05) is 30.7 Å². The lowest BCUT2D eigenvalue weighted by Crippen LogP contribution is -2.29. The Hall–Kier alpha value is -2.01. The highest BCUT2D eigenvalue weighted by Crippen LogP contribution is 2.38. The number of aromatic nitrogens is 2. The minimum atomic E-state index is -0.234. The summed E-state index contributed by atoms with van der Waals surface area (Å²) in [5.74, 6) is 0.862. The van der Waals surface area contributed by atoms with E-state index in [1.54, 1.807) is 4.68 Å². The average molecular weight is 345 g/mol. The van der Waals surface area contributed by atoms with E-state index in [1.165, 1.54) is 0 Å². The molecule has 1 aliphatic heterocycles. The van der Waals surface area contributed by atoms with Gasteiger partial charge in [0.15, 0.2) is 0 Å². The quantitative estimate of drug-likeness (QED) is 0.830. The van der Waals surface area contributed by atoms with Crippen molar-refractivity contribution in [1.82, 2.24) is 9.78 Å². The summed E-state index contributed by atoms with van der Waals surface area (Å²) in [6.07, 6.45) is 3.57. The van der Waals surface area contributed by atoms with E-state index in [9.17, 15) is 4.79 Å². The van der Waals surface area contributed by atoms with E-state index in [0.29, 0.717) is 16.8 Å². The number of nitrogens with one attached hydrogen (secondary N) is 1. The molecule has 0 saturated carbocycles. The van der Waals surface area contributed by atoms with Crippen molar-refractivity contribution in [2.75, 3.05) is 17.6 Å². The largest absolute Gasteiger partial charge is 0.384 e. The van der Waals surface area contributed by atoms with Gasteiger partial charge in [-0.25, -0.2) is 4.68 Å². The molecule has 24 heavy (non-hydrogen) atoms. The second kappa shape index (κ2) is 5.81. The van der Waals surface area contributed by atoms with Gasteiger partial charge in [0, 0.05) is 12.1 Å². The summed E-state index contributed by atoms with van der Waals surface area (Å²) < 4.78 is 1.57. The lowest BCUT2D eigenvalue weighted by molar-refractivity contribution is 0.0852. The monoisotopic (exact) mass is 344 g/mol. The fourth-order valence-corrected chi connectivity index (χ4v) is 4.17. The van der Waals surface area contributed by atoms with Gasteiger partial charge in [0.25, 0.3) is 5.91 Å². The van der Waals surface area contributed by atoms with Crippen molar-refractivity contribution in [3.05, 3.63) is 40.0 Å². The zero-order valence-corrected chi connectivity index (χ0v) is 14.4. The lowest BCUT2D eigenvalue weighted by atomic mass is 9.87. The Morgan fingerprint density at radius 1 is 1.42 bits per heavy atom. The van der Waals surface area contributed by atoms with Crippen LogP contribution in [0.2, 0.25) is 5.02 Å². The van der Waals surface area contributed by atoms with Crippen LogP contribution >= 0.6 is 11.6 Å². The van der Waals surface area contributed by atoms with Crippen LogP contribution in [0.4, 0.5) is 11.5 Å². The number of benzene rings is 1. The number of nitrogen functional groups attached to an aromatic ring is 1. The Labute approximate surface area is 146 Å². The molecule has 2 heterocycles. The van der Waals surface area contributed by atoms with Crippen LogP contribution in [0.25, 0.3) is 0 Å². The van der Waals surface area contributed by atoms with Gasteiger partial charge in [-0.2, -0.15) is 0 Å². The number of carbonyl (C=O) groups is 1. The van der Waals surface area contributed by atoms with Crippen molar-refractivity contribution in [2.24, 2.45) is 5.92 Å². The summed E-state index contributed by atoms with van der Waals surface area (Å²) in [6.45, 7) is 2.94. The van der Waals surface area contributed by atoms with E-state index < -0.39 is 0 Å². The van der Waals surface area contributed by atoms with Crippen LogP contribution in [-0.4, -0.2) is 22.2 Å². The Morgan fingerprint density at radius 3 is 3.08 bits per heavy atom. The number of fused-ring (bicyclic) bond motifs is 2. The number of nitrogens with zero attached hydrogens (tertiary/aromatic N) is 2.